The number of nitrogens with one attached hydrogen (secondary N) is 1. The summed E-state index contributed by atoms with van der Waals surface area (Å²) >= 11 is 0. The molecule has 0 aromatic heterocycles. The highest BCUT2D eigenvalue weighted by Gasteiger charge is 2.21. The van der Waals surface area contributed by atoms with E-state index in [1.807, 2.05) is 0 Å². The van der Waals surface area contributed by atoms with Crippen LogP contribution in [-0.4, -0.2) is 43.3 Å². The zero-order valence-electron chi connectivity index (χ0n) is 11.0. The molecular weight excluding hydrogens is 204 g/mol. The van der Waals surface area contributed by atoms with Gasteiger partial charge >= 0.3 is 0 Å². The Morgan fingerprint density at radius 2 is 1.88 bits per heavy atom. The normalized spacial score (nSPS) is 12.6. The Hall–Kier alpha value is -0.900. The SMILES string of the molecule is CNC(CC(C)=O)C(=O)N(C)CCC(C)C. The number of carbonyl (C=O) groups is 2. The highest BCUT2D eigenvalue weighted by Crippen LogP contribution is 2.04. The second-order valence-electron chi connectivity index (χ2n) is 4.69. The molecule has 0 aliphatic carbocycles. The zero-order chi connectivity index (χ0) is 12.7. The molecule has 0 spiro atoms. The maximum Gasteiger partial charge on any atom is 0.239 e. The van der Waals surface area contributed by atoms with Crippen LogP contribution < -0.4 is 5.32 Å². The summed E-state index contributed by atoms with van der Waals surface area (Å²) in [6.07, 6.45) is 1.25. The van der Waals surface area contributed by atoms with Crippen LogP contribution in [0.1, 0.15) is 33.6 Å². The summed E-state index contributed by atoms with van der Waals surface area (Å²) < 4.78 is 0. The van der Waals surface area contributed by atoms with Crippen LogP contribution in [-0.2, 0) is 9.59 Å². The van der Waals surface area contributed by atoms with Gasteiger partial charge in [-0.2, -0.15) is 0 Å². The van der Waals surface area contributed by atoms with Gasteiger partial charge in [0.2, 0.25) is 5.91 Å². The van der Waals surface area contributed by atoms with Crippen LogP contribution in [0.2, 0.25) is 0 Å². The molecule has 4 nitrogen and oxygen atoms in total. The molecule has 1 atom stereocenters. The van der Waals surface area contributed by atoms with E-state index in [0.29, 0.717) is 5.92 Å². The third-order valence-electron chi connectivity index (χ3n) is 2.56. The third kappa shape index (κ3) is 5.85. The minimum absolute atomic E-state index is 0.00153. The molecule has 0 aliphatic heterocycles. The van der Waals surface area contributed by atoms with Crippen LogP contribution in [0, 0.1) is 5.92 Å². The highest BCUT2D eigenvalue weighted by atomic mass is 16.2. The van der Waals surface area contributed by atoms with Crippen molar-refractivity contribution in [1.82, 2.24) is 10.2 Å². The fraction of sp³-hybridized carbons (Fsp3) is 0.833. The smallest absolute Gasteiger partial charge is 0.239 e. The summed E-state index contributed by atoms with van der Waals surface area (Å²) in [4.78, 5) is 24.6. The Labute approximate surface area is 98.4 Å². The number of carbonyl (C=O) groups excluding carboxylic acids is 2. The summed E-state index contributed by atoms with van der Waals surface area (Å²) in [5.41, 5.74) is 0. The van der Waals surface area contributed by atoms with Crippen molar-refractivity contribution >= 4 is 11.7 Å². The van der Waals surface area contributed by atoms with Crippen molar-refractivity contribution in [3.8, 4) is 0 Å². The summed E-state index contributed by atoms with van der Waals surface area (Å²) in [6.45, 7) is 6.51. The van der Waals surface area contributed by atoms with Crippen molar-refractivity contribution in [3.05, 3.63) is 0 Å². The van der Waals surface area contributed by atoms with Crippen LogP contribution in [0.3, 0.4) is 0 Å². The Balaban J connectivity index is 4.21. The van der Waals surface area contributed by atoms with Gasteiger partial charge < -0.3 is 10.2 Å². The molecule has 0 saturated heterocycles. The maximum absolute atomic E-state index is 11.9. The lowest BCUT2D eigenvalue weighted by Gasteiger charge is -2.23. The molecule has 0 aromatic carbocycles. The average Bonchev–Trinajstić information content (AvgIpc) is 2.21. The van der Waals surface area contributed by atoms with Gasteiger partial charge in [-0.3, -0.25) is 9.59 Å². The Bertz CT molecular complexity index is 239. The lowest BCUT2D eigenvalue weighted by Crippen LogP contribution is -2.45. The van der Waals surface area contributed by atoms with Gasteiger partial charge in [-0.15, -0.1) is 0 Å². The van der Waals surface area contributed by atoms with Crippen molar-refractivity contribution in [3.63, 3.8) is 0 Å². The minimum Gasteiger partial charge on any atom is -0.344 e. The van der Waals surface area contributed by atoms with E-state index in [9.17, 15) is 9.59 Å². The molecular formula is C12H24N2O2. The van der Waals surface area contributed by atoms with Crippen molar-refractivity contribution < 1.29 is 9.59 Å². The molecule has 1 unspecified atom stereocenters. The molecule has 0 radical (unpaired) electrons. The predicted molar refractivity (Wildman–Crippen MR) is 65.2 cm³/mol. The number of rotatable bonds is 7. The van der Waals surface area contributed by atoms with Gasteiger partial charge in [0.25, 0.3) is 0 Å². The van der Waals surface area contributed by atoms with Gasteiger partial charge in [0.15, 0.2) is 0 Å². The van der Waals surface area contributed by atoms with Gasteiger partial charge in [0, 0.05) is 20.0 Å². The van der Waals surface area contributed by atoms with Crippen molar-refractivity contribution in [2.24, 2.45) is 5.92 Å². The average molecular weight is 228 g/mol. The van der Waals surface area contributed by atoms with E-state index < -0.39 is 0 Å². The van der Waals surface area contributed by atoms with E-state index >= 15 is 0 Å². The van der Waals surface area contributed by atoms with Crippen LogP contribution >= 0.6 is 0 Å². The van der Waals surface area contributed by atoms with Gasteiger partial charge in [-0.25, -0.2) is 0 Å². The number of amides is 1. The summed E-state index contributed by atoms with van der Waals surface area (Å²) in [6, 6.07) is -0.380. The first kappa shape index (κ1) is 15.1. The first-order valence-corrected chi connectivity index (χ1v) is 5.80. The monoisotopic (exact) mass is 228 g/mol. The molecule has 4 heteroatoms. The molecule has 16 heavy (non-hydrogen) atoms. The van der Waals surface area contributed by atoms with Gasteiger partial charge in [0.1, 0.15) is 5.78 Å². The van der Waals surface area contributed by atoms with Crippen molar-refractivity contribution in [2.75, 3.05) is 20.6 Å². The number of Topliss-reactive ketones (excluding diaryl/α,β-unsaturated/α-hetero) is 1. The fourth-order valence-electron chi connectivity index (χ4n) is 1.43. The number of likely N-dealkylation sites (N-methyl/N-ethyl adjacent to an activating group) is 2. The van der Waals surface area contributed by atoms with Crippen LogP contribution in [0.5, 0.6) is 0 Å². The second-order valence-corrected chi connectivity index (χ2v) is 4.69. The first-order valence-electron chi connectivity index (χ1n) is 5.80. The predicted octanol–water partition coefficient (Wildman–Crippen LogP) is 1.06. The lowest BCUT2D eigenvalue weighted by atomic mass is 10.1. The van der Waals surface area contributed by atoms with Crippen LogP contribution in [0.15, 0.2) is 0 Å². The quantitative estimate of drug-likeness (QED) is 0.709. The summed E-state index contributed by atoms with van der Waals surface area (Å²) in [5.74, 6) is 0.611. The molecule has 1 N–H and O–H groups in total. The molecule has 0 heterocycles. The molecule has 0 aromatic rings. The second kappa shape index (κ2) is 7.39. The van der Waals surface area contributed by atoms with Crippen LogP contribution in [0.4, 0.5) is 0 Å². The summed E-state index contributed by atoms with van der Waals surface area (Å²) in [5, 5.41) is 2.89. The molecule has 0 bridgehead atoms. The van der Waals surface area contributed by atoms with E-state index in [0.717, 1.165) is 13.0 Å². The number of nitrogens with zero attached hydrogens (tertiary/aromatic N) is 1. The highest BCUT2D eigenvalue weighted by molar-refractivity contribution is 5.88. The third-order valence-corrected chi connectivity index (χ3v) is 2.56. The maximum atomic E-state index is 11.9. The van der Waals surface area contributed by atoms with E-state index in [2.05, 4.69) is 19.2 Å². The number of ketones is 1. The van der Waals surface area contributed by atoms with Crippen molar-refractivity contribution in [2.45, 2.75) is 39.7 Å². The van der Waals surface area contributed by atoms with Gasteiger partial charge in [-0.05, 0) is 26.3 Å². The Morgan fingerprint density at radius 3 is 2.25 bits per heavy atom. The van der Waals surface area contributed by atoms with E-state index in [4.69, 9.17) is 0 Å². The molecule has 1 amide bonds. The van der Waals surface area contributed by atoms with Crippen molar-refractivity contribution in [1.29, 1.82) is 0 Å². The Kier molecular flexibility index (Phi) is 6.97. The fourth-order valence-corrected chi connectivity index (χ4v) is 1.43. The van der Waals surface area contributed by atoms with E-state index in [-0.39, 0.29) is 24.2 Å². The standard InChI is InChI=1S/C12H24N2O2/c1-9(2)6-7-14(5)12(16)11(13-4)8-10(3)15/h9,11,13H,6-8H2,1-5H3. The lowest BCUT2D eigenvalue weighted by molar-refractivity contribution is -0.134. The van der Waals surface area contributed by atoms with E-state index in [1.165, 1.54) is 6.92 Å². The first-order chi connectivity index (χ1) is 7.38. The molecule has 0 fully saturated rings. The molecule has 0 saturated carbocycles. The molecule has 94 valence electrons. The topological polar surface area (TPSA) is 49.4 Å². The van der Waals surface area contributed by atoms with Crippen LogP contribution in [0.25, 0.3) is 0 Å². The molecule has 0 rings (SSSR count). The largest absolute Gasteiger partial charge is 0.344 e. The summed E-state index contributed by atoms with van der Waals surface area (Å²) in [7, 11) is 3.50. The minimum atomic E-state index is -0.380. The van der Waals surface area contributed by atoms with E-state index in [1.54, 1.807) is 19.0 Å². The molecule has 0 aliphatic rings. The number of hydrogen-bond donors (Lipinski definition) is 1. The van der Waals surface area contributed by atoms with Gasteiger partial charge in [0.05, 0.1) is 6.04 Å². The zero-order valence-corrected chi connectivity index (χ0v) is 11.0. The van der Waals surface area contributed by atoms with Gasteiger partial charge in [-0.1, -0.05) is 13.8 Å². The number of hydrogen-bond acceptors (Lipinski definition) is 3. The Morgan fingerprint density at radius 1 is 1.31 bits per heavy atom.